The molecule has 3 rings (SSSR count). The average molecular weight is 485 g/mol. The van der Waals surface area contributed by atoms with Gasteiger partial charge in [-0.15, -0.1) is 0 Å². The number of hydrogen-bond acceptors (Lipinski definition) is 6. The smallest absolute Gasteiger partial charge is 0.407 e. The molecule has 7 nitrogen and oxygen atoms in total. The summed E-state index contributed by atoms with van der Waals surface area (Å²) >= 11 is 3.30. The molecule has 30 heavy (non-hydrogen) atoms. The van der Waals surface area contributed by atoms with Crippen LogP contribution in [0.1, 0.15) is 32.3 Å². The first-order chi connectivity index (χ1) is 14.1. The number of amides is 1. The van der Waals surface area contributed by atoms with Crippen molar-refractivity contribution in [2.75, 3.05) is 25.1 Å². The topological polar surface area (TPSA) is 76.6 Å². The number of rotatable bonds is 4. The molecule has 0 radical (unpaired) electrons. The molecule has 1 aliphatic heterocycles. The predicted octanol–water partition coefficient (Wildman–Crippen LogP) is 4.02. The van der Waals surface area contributed by atoms with Crippen molar-refractivity contribution < 1.29 is 23.0 Å². The van der Waals surface area contributed by atoms with Gasteiger partial charge in [0.05, 0.1) is 23.8 Å². The summed E-state index contributed by atoms with van der Waals surface area (Å²) in [5.74, 6) is -0.940. The second kappa shape index (κ2) is 8.71. The van der Waals surface area contributed by atoms with Crippen LogP contribution in [0.15, 0.2) is 28.9 Å². The van der Waals surface area contributed by atoms with Crippen molar-refractivity contribution in [3.05, 3.63) is 46.1 Å². The molecule has 1 fully saturated rings. The van der Waals surface area contributed by atoms with Crippen molar-refractivity contribution in [3.8, 4) is 5.88 Å². The molecular weight excluding hydrogens is 462 g/mol. The highest BCUT2D eigenvalue weighted by Gasteiger charge is 2.38. The van der Waals surface area contributed by atoms with Gasteiger partial charge in [-0.05, 0) is 60.5 Å². The minimum atomic E-state index is -0.690. The Kier molecular flexibility index (Phi) is 6.44. The summed E-state index contributed by atoms with van der Waals surface area (Å²) in [7, 11) is 1.48. The fourth-order valence-electron chi connectivity index (χ4n) is 3.32. The number of aromatic nitrogens is 2. The normalized spacial score (nSPS) is 19.0. The maximum atomic E-state index is 14.5. The van der Waals surface area contributed by atoms with Gasteiger partial charge >= 0.3 is 6.09 Å². The number of hydrogen-bond donors (Lipinski definition) is 1. The van der Waals surface area contributed by atoms with Crippen molar-refractivity contribution in [3.63, 3.8) is 0 Å². The lowest BCUT2D eigenvalue weighted by atomic mass is 9.94. The number of nitrogens with zero attached hydrogens (tertiary/aromatic N) is 3. The van der Waals surface area contributed by atoms with Crippen LogP contribution in [0.5, 0.6) is 5.88 Å². The van der Waals surface area contributed by atoms with Crippen LogP contribution in [0, 0.1) is 11.6 Å². The van der Waals surface area contributed by atoms with Crippen LogP contribution < -0.4 is 15.0 Å². The molecule has 2 heterocycles. The fraction of sp³-hybridized carbons (Fsp3) is 0.450. The van der Waals surface area contributed by atoms with Crippen LogP contribution in [-0.2, 0) is 4.74 Å². The van der Waals surface area contributed by atoms with Gasteiger partial charge in [-0.2, -0.15) is 4.98 Å². The molecule has 0 saturated carbocycles. The minimum absolute atomic E-state index is 0.169. The van der Waals surface area contributed by atoms with E-state index < -0.39 is 35.3 Å². The van der Waals surface area contributed by atoms with E-state index >= 15 is 0 Å². The second-order valence-electron chi connectivity index (χ2n) is 7.96. The zero-order chi connectivity index (χ0) is 22.1. The number of methoxy groups -OCH3 is 1. The first-order valence-electron chi connectivity index (χ1n) is 9.33. The van der Waals surface area contributed by atoms with Crippen molar-refractivity contribution >= 4 is 28.0 Å². The number of halogens is 3. The average Bonchev–Trinajstić information content (AvgIpc) is 3.06. The van der Waals surface area contributed by atoms with Crippen molar-refractivity contribution in [2.45, 2.75) is 38.3 Å². The molecule has 1 saturated heterocycles. The monoisotopic (exact) mass is 484 g/mol. The lowest BCUT2D eigenvalue weighted by molar-refractivity contribution is 0.0504. The van der Waals surface area contributed by atoms with E-state index in [4.69, 9.17) is 9.47 Å². The van der Waals surface area contributed by atoms with Gasteiger partial charge in [-0.1, -0.05) is 0 Å². The van der Waals surface area contributed by atoms with Crippen LogP contribution in [0.4, 0.5) is 19.5 Å². The Morgan fingerprint density at radius 1 is 1.30 bits per heavy atom. The Hall–Kier alpha value is -2.49. The van der Waals surface area contributed by atoms with E-state index in [1.807, 2.05) is 0 Å². The summed E-state index contributed by atoms with van der Waals surface area (Å²) in [4.78, 5) is 22.8. The highest BCUT2D eigenvalue weighted by atomic mass is 79.9. The quantitative estimate of drug-likeness (QED) is 0.705. The Bertz CT molecular complexity index is 939. The summed E-state index contributed by atoms with van der Waals surface area (Å²) in [5, 5.41) is 2.78. The SMILES string of the molecule is COc1nc(N2CC(NC(=O)OC(C)(C)C)C(c3cc(F)ccc3F)C2)ncc1Br. The fourth-order valence-corrected chi connectivity index (χ4v) is 3.68. The van der Waals surface area contributed by atoms with E-state index in [0.717, 1.165) is 18.2 Å². The van der Waals surface area contributed by atoms with Crippen LogP contribution in [-0.4, -0.2) is 47.9 Å². The number of carbonyl (C=O) groups is 1. The molecule has 0 spiro atoms. The van der Waals surface area contributed by atoms with Crippen LogP contribution >= 0.6 is 15.9 Å². The molecular formula is C20H23BrF2N4O3. The van der Waals surface area contributed by atoms with Crippen LogP contribution in [0.25, 0.3) is 0 Å². The zero-order valence-electron chi connectivity index (χ0n) is 17.1. The molecule has 1 aromatic heterocycles. The van der Waals surface area contributed by atoms with Crippen molar-refractivity contribution in [1.29, 1.82) is 0 Å². The second-order valence-corrected chi connectivity index (χ2v) is 8.81. The van der Waals surface area contributed by atoms with E-state index in [2.05, 4.69) is 31.2 Å². The van der Waals surface area contributed by atoms with Crippen LogP contribution in [0.3, 0.4) is 0 Å². The first-order valence-corrected chi connectivity index (χ1v) is 10.1. The van der Waals surface area contributed by atoms with Gasteiger partial charge < -0.3 is 19.7 Å². The highest BCUT2D eigenvalue weighted by molar-refractivity contribution is 9.10. The number of ether oxygens (including phenoxy) is 2. The van der Waals surface area contributed by atoms with Crippen LogP contribution in [0.2, 0.25) is 0 Å². The summed E-state index contributed by atoms with van der Waals surface area (Å²) in [5.41, 5.74) is -0.521. The molecule has 2 atom stereocenters. The van der Waals surface area contributed by atoms with Gasteiger partial charge in [0.1, 0.15) is 17.2 Å². The van der Waals surface area contributed by atoms with Crippen molar-refractivity contribution in [2.24, 2.45) is 0 Å². The molecule has 1 N–H and O–H groups in total. The molecule has 1 aliphatic rings. The predicted molar refractivity (Wildman–Crippen MR) is 111 cm³/mol. The van der Waals surface area contributed by atoms with E-state index in [1.54, 1.807) is 31.9 Å². The van der Waals surface area contributed by atoms with Gasteiger partial charge in [0.15, 0.2) is 0 Å². The summed E-state index contributed by atoms with van der Waals surface area (Å²) in [6.45, 7) is 5.80. The number of carbonyl (C=O) groups excluding carboxylic acids is 1. The Labute approximate surface area is 181 Å². The minimum Gasteiger partial charge on any atom is -0.480 e. The molecule has 1 aromatic carbocycles. The maximum Gasteiger partial charge on any atom is 0.407 e. The standard InChI is InChI=1S/C20H23BrF2N4O3/c1-20(2,3)30-19(28)25-16-10-27(18-24-8-14(21)17(26-18)29-4)9-13(16)12-7-11(22)5-6-15(12)23/h5-8,13,16H,9-10H2,1-4H3,(H,25,28). The van der Waals surface area contributed by atoms with Gasteiger partial charge in [0.2, 0.25) is 11.8 Å². The van der Waals surface area contributed by atoms with Gasteiger partial charge in [-0.25, -0.2) is 18.6 Å². The third-order valence-corrected chi connectivity index (χ3v) is 5.10. The Morgan fingerprint density at radius 3 is 2.70 bits per heavy atom. The van der Waals surface area contributed by atoms with E-state index in [-0.39, 0.29) is 18.7 Å². The third-order valence-electron chi connectivity index (χ3n) is 4.55. The highest BCUT2D eigenvalue weighted by Crippen LogP contribution is 2.33. The maximum absolute atomic E-state index is 14.5. The molecule has 1 amide bonds. The molecule has 10 heteroatoms. The zero-order valence-corrected chi connectivity index (χ0v) is 18.7. The largest absolute Gasteiger partial charge is 0.480 e. The van der Waals surface area contributed by atoms with Crippen molar-refractivity contribution in [1.82, 2.24) is 15.3 Å². The van der Waals surface area contributed by atoms with Gasteiger partial charge in [0.25, 0.3) is 0 Å². The summed E-state index contributed by atoms with van der Waals surface area (Å²) < 4.78 is 39.5. The first kappa shape index (κ1) is 22.2. The molecule has 162 valence electrons. The molecule has 0 bridgehead atoms. The van der Waals surface area contributed by atoms with E-state index in [1.165, 1.54) is 7.11 Å². The number of nitrogens with one attached hydrogen (secondary N) is 1. The number of alkyl carbamates (subject to hydrolysis) is 1. The van der Waals surface area contributed by atoms with Gasteiger partial charge in [0, 0.05) is 19.0 Å². The number of anilines is 1. The third kappa shape index (κ3) is 5.16. The van der Waals surface area contributed by atoms with E-state index in [9.17, 15) is 13.6 Å². The summed E-state index contributed by atoms with van der Waals surface area (Å²) in [6, 6.07) is 2.74. The lowest BCUT2D eigenvalue weighted by Gasteiger charge is -2.24. The van der Waals surface area contributed by atoms with Gasteiger partial charge in [-0.3, -0.25) is 0 Å². The summed E-state index contributed by atoms with van der Waals surface area (Å²) in [6.07, 6.45) is 0.915. The number of benzene rings is 1. The molecule has 0 aliphatic carbocycles. The Balaban J connectivity index is 1.91. The van der Waals surface area contributed by atoms with E-state index in [0.29, 0.717) is 16.3 Å². The molecule has 2 aromatic rings. The Morgan fingerprint density at radius 2 is 2.03 bits per heavy atom. The molecule has 2 unspecified atom stereocenters. The lowest BCUT2D eigenvalue weighted by Crippen LogP contribution is -2.43.